The van der Waals surface area contributed by atoms with Gasteiger partial charge in [0.15, 0.2) is 0 Å². The van der Waals surface area contributed by atoms with E-state index < -0.39 is 0 Å². The normalized spacial score (nSPS) is 24.6. The van der Waals surface area contributed by atoms with E-state index in [0.717, 1.165) is 42.1 Å². The third kappa shape index (κ3) is 2.44. The van der Waals surface area contributed by atoms with Gasteiger partial charge in [0.05, 0.1) is 16.6 Å². The summed E-state index contributed by atoms with van der Waals surface area (Å²) in [5.41, 5.74) is 1.89. The molecule has 2 N–H and O–H groups in total. The highest BCUT2D eigenvalue weighted by Crippen LogP contribution is 2.41. The lowest BCUT2D eigenvalue weighted by molar-refractivity contribution is -0.120. The highest BCUT2D eigenvalue weighted by atomic mass is 16.2. The van der Waals surface area contributed by atoms with E-state index in [1.54, 1.807) is 6.33 Å². The van der Waals surface area contributed by atoms with Crippen LogP contribution in [0.4, 0.5) is 5.82 Å². The summed E-state index contributed by atoms with van der Waals surface area (Å²) in [5, 5.41) is 6.68. The van der Waals surface area contributed by atoms with Gasteiger partial charge < -0.3 is 10.6 Å². The Labute approximate surface area is 151 Å². The van der Waals surface area contributed by atoms with Crippen LogP contribution in [0.25, 0.3) is 16.9 Å². The summed E-state index contributed by atoms with van der Waals surface area (Å²) < 4.78 is 1.99. The summed E-state index contributed by atoms with van der Waals surface area (Å²) in [6, 6.07) is 14.0. The maximum absolute atomic E-state index is 11.8. The minimum Gasteiger partial charge on any atom is -0.368 e. The number of aromatic nitrogens is 3. The van der Waals surface area contributed by atoms with Gasteiger partial charge in [0, 0.05) is 13.0 Å². The number of carbonyl (C=O) groups excluding carboxylic acids is 1. The van der Waals surface area contributed by atoms with Crippen LogP contribution in [0, 0.1) is 5.92 Å². The molecule has 0 bridgehead atoms. The molecule has 2 aliphatic rings. The van der Waals surface area contributed by atoms with Gasteiger partial charge in [-0.1, -0.05) is 24.6 Å². The molecule has 1 aromatic carbocycles. The van der Waals surface area contributed by atoms with Gasteiger partial charge in [-0.25, -0.2) is 9.97 Å². The molecule has 6 heteroatoms. The van der Waals surface area contributed by atoms with Crippen molar-refractivity contribution in [3.8, 4) is 5.82 Å². The lowest BCUT2D eigenvalue weighted by Crippen LogP contribution is -2.48. The number of nitrogens with one attached hydrogen (secondary N) is 2. The molecule has 1 amide bonds. The molecule has 1 saturated carbocycles. The second-order valence-corrected chi connectivity index (χ2v) is 7.34. The van der Waals surface area contributed by atoms with Gasteiger partial charge in [-0.15, -0.1) is 0 Å². The van der Waals surface area contributed by atoms with Gasteiger partial charge in [-0.3, -0.25) is 9.36 Å². The number of carbonyl (C=O) groups is 1. The molecular weight excluding hydrogens is 326 g/mol. The van der Waals surface area contributed by atoms with Crippen molar-refractivity contribution in [2.45, 2.75) is 31.2 Å². The van der Waals surface area contributed by atoms with E-state index in [0.29, 0.717) is 12.3 Å². The monoisotopic (exact) mass is 347 g/mol. The Morgan fingerprint density at radius 2 is 2.15 bits per heavy atom. The quantitative estimate of drug-likeness (QED) is 0.761. The average Bonchev–Trinajstić information content (AvgIpc) is 3.32. The first-order valence-corrected chi connectivity index (χ1v) is 9.18. The minimum atomic E-state index is -0.101. The maximum atomic E-state index is 11.8. The molecule has 0 spiro atoms. The number of para-hydroxylation sites is 2. The van der Waals surface area contributed by atoms with E-state index in [1.165, 1.54) is 6.42 Å². The van der Waals surface area contributed by atoms with Crippen molar-refractivity contribution in [3.63, 3.8) is 0 Å². The molecule has 5 rings (SSSR count). The minimum absolute atomic E-state index is 0.101. The second-order valence-electron chi connectivity index (χ2n) is 7.34. The summed E-state index contributed by atoms with van der Waals surface area (Å²) in [6.07, 6.45) is 5.83. The molecule has 2 atom stereocenters. The van der Waals surface area contributed by atoms with Gasteiger partial charge in [0.2, 0.25) is 5.91 Å². The van der Waals surface area contributed by atoms with Crippen molar-refractivity contribution in [3.05, 3.63) is 48.8 Å². The van der Waals surface area contributed by atoms with Crippen LogP contribution in [-0.2, 0) is 4.79 Å². The number of benzene rings is 1. The van der Waals surface area contributed by atoms with Crippen molar-refractivity contribution < 1.29 is 4.79 Å². The highest BCUT2D eigenvalue weighted by Gasteiger charge is 2.49. The molecule has 1 aliphatic heterocycles. The number of rotatable bonds is 4. The fourth-order valence-corrected chi connectivity index (χ4v) is 4.48. The van der Waals surface area contributed by atoms with Gasteiger partial charge in [-0.2, -0.15) is 0 Å². The maximum Gasteiger partial charge on any atom is 0.220 e. The van der Waals surface area contributed by atoms with Gasteiger partial charge in [0.1, 0.15) is 18.0 Å². The predicted molar refractivity (Wildman–Crippen MR) is 100 cm³/mol. The van der Waals surface area contributed by atoms with Crippen LogP contribution in [0.3, 0.4) is 0 Å². The van der Waals surface area contributed by atoms with Crippen molar-refractivity contribution in [2.75, 3.05) is 11.9 Å². The first-order chi connectivity index (χ1) is 12.7. The zero-order valence-electron chi connectivity index (χ0n) is 14.5. The lowest BCUT2D eigenvalue weighted by atomic mass is 9.89. The molecule has 3 aromatic rings. The van der Waals surface area contributed by atoms with Gasteiger partial charge in [0.25, 0.3) is 0 Å². The largest absolute Gasteiger partial charge is 0.368 e. The van der Waals surface area contributed by atoms with Crippen LogP contribution >= 0.6 is 0 Å². The van der Waals surface area contributed by atoms with E-state index in [2.05, 4.69) is 15.6 Å². The van der Waals surface area contributed by atoms with E-state index in [4.69, 9.17) is 4.98 Å². The van der Waals surface area contributed by atoms with E-state index in [9.17, 15) is 4.79 Å². The Morgan fingerprint density at radius 3 is 3.12 bits per heavy atom. The number of hydrogen-bond donors (Lipinski definition) is 2. The summed E-state index contributed by atoms with van der Waals surface area (Å²) in [7, 11) is 0. The molecule has 2 aromatic heterocycles. The fourth-order valence-electron chi connectivity index (χ4n) is 4.48. The van der Waals surface area contributed by atoms with Crippen molar-refractivity contribution >= 4 is 22.8 Å². The molecule has 3 heterocycles. The van der Waals surface area contributed by atoms with Gasteiger partial charge in [-0.05, 0) is 43.0 Å². The SMILES string of the molecule is O=C1CC2CCCC2(CNc2cccc(-n3cnc4ccccc43)n2)N1. The van der Waals surface area contributed by atoms with Crippen molar-refractivity contribution in [1.29, 1.82) is 0 Å². The van der Waals surface area contributed by atoms with E-state index >= 15 is 0 Å². The first-order valence-electron chi connectivity index (χ1n) is 9.18. The molecule has 132 valence electrons. The Bertz CT molecular complexity index is 981. The van der Waals surface area contributed by atoms with E-state index in [-0.39, 0.29) is 11.4 Å². The zero-order chi connectivity index (χ0) is 17.6. The molecule has 6 nitrogen and oxygen atoms in total. The van der Waals surface area contributed by atoms with Crippen molar-refractivity contribution in [2.24, 2.45) is 5.92 Å². The number of anilines is 1. The number of nitrogens with zero attached hydrogens (tertiary/aromatic N) is 3. The topological polar surface area (TPSA) is 71.8 Å². The second kappa shape index (κ2) is 5.83. The number of fused-ring (bicyclic) bond motifs is 2. The number of amides is 1. The lowest BCUT2D eigenvalue weighted by Gasteiger charge is -2.29. The average molecular weight is 347 g/mol. The summed E-state index contributed by atoms with van der Waals surface area (Å²) >= 11 is 0. The third-order valence-electron chi connectivity index (χ3n) is 5.80. The van der Waals surface area contributed by atoms with Crippen LogP contribution in [0.1, 0.15) is 25.7 Å². The van der Waals surface area contributed by atoms with Crippen LogP contribution in [0.2, 0.25) is 0 Å². The molecular formula is C20H21N5O. The van der Waals surface area contributed by atoms with Crippen LogP contribution in [-0.4, -0.2) is 32.5 Å². The van der Waals surface area contributed by atoms with E-state index in [1.807, 2.05) is 47.0 Å². The van der Waals surface area contributed by atoms with Crippen LogP contribution in [0.15, 0.2) is 48.8 Å². The molecule has 2 unspecified atom stereocenters. The Morgan fingerprint density at radius 1 is 1.23 bits per heavy atom. The fraction of sp³-hybridized carbons (Fsp3) is 0.350. The zero-order valence-corrected chi connectivity index (χ0v) is 14.5. The Kier molecular flexibility index (Phi) is 3.45. The molecule has 1 saturated heterocycles. The van der Waals surface area contributed by atoms with Crippen molar-refractivity contribution in [1.82, 2.24) is 19.9 Å². The predicted octanol–water partition coefficient (Wildman–Crippen LogP) is 2.89. The Hall–Kier alpha value is -2.89. The smallest absolute Gasteiger partial charge is 0.220 e. The standard InChI is InChI=1S/C20H21N5O/c26-19-11-14-5-4-10-20(14,24-19)12-21-17-8-3-9-18(23-17)25-13-22-15-6-1-2-7-16(15)25/h1-3,6-9,13-14H,4-5,10-12H2,(H,21,23)(H,24,26). The molecule has 0 radical (unpaired) electrons. The molecule has 1 aliphatic carbocycles. The van der Waals surface area contributed by atoms with Crippen LogP contribution in [0.5, 0.6) is 0 Å². The number of imidazole rings is 1. The first kappa shape index (κ1) is 15.4. The van der Waals surface area contributed by atoms with Gasteiger partial charge >= 0.3 is 0 Å². The Balaban J connectivity index is 1.40. The van der Waals surface area contributed by atoms with Crippen LogP contribution < -0.4 is 10.6 Å². The number of hydrogen-bond acceptors (Lipinski definition) is 4. The highest BCUT2D eigenvalue weighted by molar-refractivity contribution is 5.80. The molecule has 2 fully saturated rings. The number of pyridine rings is 1. The summed E-state index contributed by atoms with van der Waals surface area (Å²) in [6.45, 7) is 0.727. The summed E-state index contributed by atoms with van der Waals surface area (Å²) in [5.74, 6) is 2.28. The molecule has 26 heavy (non-hydrogen) atoms. The summed E-state index contributed by atoms with van der Waals surface area (Å²) in [4.78, 5) is 21.0. The third-order valence-corrected chi connectivity index (χ3v) is 5.80.